The molecule has 2 aliphatic rings. The van der Waals surface area contributed by atoms with E-state index < -0.39 is 11.4 Å². The highest BCUT2D eigenvalue weighted by atomic mass is 16.5. The molecule has 7 heteroatoms. The third-order valence-corrected chi connectivity index (χ3v) is 5.91. The van der Waals surface area contributed by atoms with Crippen LogP contribution in [-0.2, 0) is 10.2 Å². The summed E-state index contributed by atoms with van der Waals surface area (Å²) in [5.74, 6) is 0.596. The van der Waals surface area contributed by atoms with E-state index in [4.69, 9.17) is 4.74 Å². The van der Waals surface area contributed by atoms with E-state index in [1.54, 1.807) is 19.9 Å². The molecular formula is C22H27N3O4. The number of hydrogen-bond donors (Lipinski definition) is 2. The number of hydrogen-bond acceptors (Lipinski definition) is 4. The molecule has 0 unspecified atom stereocenters. The number of H-pyrrole nitrogens is 1. The predicted molar refractivity (Wildman–Crippen MR) is 110 cm³/mol. The molecule has 0 radical (unpaired) electrons. The normalized spacial score (nSPS) is 16.9. The number of ether oxygens (including phenoxy) is 1. The van der Waals surface area contributed by atoms with Gasteiger partial charge in [-0.25, -0.2) is 0 Å². The van der Waals surface area contributed by atoms with Crippen LogP contribution in [0.1, 0.15) is 49.2 Å². The lowest BCUT2D eigenvalue weighted by atomic mass is 9.85. The maximum Gasteiger partial charge on any atom is 0.313 e. The molecule has 0 bridgehead atoms. The largest absolute Gasteiger partial charge is 0.488 e. The number of carboxylic acids is 1. The van der Waals surface area contributed by atoms with Crippen molar-refractivity contribution >= 4 is 23.4 Å². The molecule has 2 aromatic rings. The first kappa shape index (κ1) is 19.4. The Morgan fingerprint density at radius 3 is 2.41 bits per heavy atom. The minimum absolute atomic E-state index is 0.0150. The topological polar surface area (TPSA) is 85.9 Å². The van der Waals surface area contributed by atoms with Crippen LogP contribution in [0.25, 0.3) is 0 Å². The molecule has 0 spiro atoms. The van der Waals surface area contributed by atoms with E-state index in [-0.39, 0.29) is 5.91 Å². The van der Waals surface area contributed by atoms with Crippen molar-refractivity contribution in [3.63, 3.8) is 0 Å². The minimum Gasteiger partial charge on any atom is -0.488 e. The van der Waals surface area contributed by atoms with Crippen LogP contribution in [0.15, 0.2) is 30.3 Å². The zero-order valence-corrected chi connectivity index (χ0v) is 16.9. The van der Waals surface area contributed by atoms with E-state index in [1.807, 2.05) is 29.2 Å². The Kier molecular flexibility index (Phi) is 4.98. The summed E-state index contributed by atoms with van der Waals surface area (Å²) in [6.45, 7) is 6.15. The monoisotopic (exact) mass is 397 g/mol. The van der Waals surface area contributed by atoms with Crippen molar-refractivity contribution in [2.75, 3.05) is 31.1 Å². The van der Waals surface area contributed by atoms with Gasteiger partial charge in [0.05, 0.1) is 12.0 Å². The fourth-order valence-electron chi connectivity index (χ4n) is 3.92. The summed E-state index contributed by atoms with van der Waals surface area (Å²) in [4.78, 5) is 31.6. The molecule has 2 aliphatic heterocycles. The molecule has 2 N–H and O–H groups in total. The Balaban J connectivity index is 1.59. The van der Waals surface area contributed by atoms with Crippen molar-refractivity contribution in [2.45, 2.75) is 38.5 Å². The van der Waals surface area contributed by atoms with E-state index in [9.17, 15) is 14.7 Å². The zero-order valence-electron chi connectivity index (χ0n) is 16.9. The second-order valence-electron chi connectivity index (χ2n) is 8.23. The Morgan fingerprint density at radius 1 is 1.07 bits per heavy atom. The molecule has 1 amide bonds. The van der Waals surface area contributed by atoms with Gasteiger partial charge in [0.15, 0.2) is 11.6 Å². The summed E-state index contributed by atoms with van der Waals surface area (Å²) in [5, 5.41) is 9.44. The number of carbonyl (C=O) groups excluding carboxylic acids is 1. The Labute approximate surface area is 170 Å². The van der Waals surface area contributed by atoms with Crippen LogP contribution in [0, 0.1) is 0 Å². The molecule has 154 valence electrons. The van der Waals surface area contributed by atoms with Crippen LogP contribution in [0.5, 0.6) is 5.75 Å². The van der Waals surface area contributed by atoms with Gasteiger partial charge in [0.1, 0.15) is 12.3 Å². The van der Waals surface area contributed by atoms with Gasteiger partial charge in [-0.05, 0) is 50.8 Å². The fourth-order valence-corrected chi connectivity index (χ4v) is 3.92. The quantitative estimate of drug-likeness (QED) is 0.824. The summed E-state index contributed by atoms with van der Waals surface area (Å²) < 4.78 is 5.78. The van der Waals surface area contributed by atoms with Gasteiger partial charge in [0.25, 0.3) is 5.91 Å². The number of aliphatic carboxylic acids is 1. The lowest BCUT2D eigenvalue weighted by molar-refractivity contribution is -0.142. The van der Waals surface area contributed by atoms with Crippen LogP contribution >= 0.6 is 0 Å². The lowest BCUT2D eigenvalue weighted by Crippen LogP contribution is -2.35. The first-order chi connectivity index (χ1) is 13.9. The molecule has 4 rings (SSSR count). The number of anilines is 2. The van der Waals surface area contributed by atoms with Crippen molar-refractivity contribution in [2.24, 2.45) is 0 Å². The third-order valence-electron chi connectivity index (χ3n) is 5.91. The molecule has 0 saturated carbocycles. The number of amides is 1. The highest BCUT2D eigenvalue weighted by Crippen LogP contribution is 2.38. The highest BCUT2D eigenvalue weighted by molar-refractivity contribution is 5.94. The number of aromatic amines is 1. The van der Waals surface area contributed by atoms with Gasteiger partial charge in [0, 0.05) is 24.8 Å². The van der Waals surface area contributed by atoms with Gasteiger partial charge in [-0.3, -0.25) is 9.59 Å². The van der Waals surface area contributed by atoms with Crippen molar-refractivity contribution < 1.29 is 19.4 Å². The standard InChI is InChI=1S/C22H27N3O4/c1-22(2,21(27)28)15-6-8-16(9-7-15)25-12-13-29-18-14-17(23-19(18)25)20(26)24-10-4-3-5-11-24/h6-9,14,23H,3-5,10-13H2,1-2H3,(H,27,28). The molecule has 29 heavy (non-hydrogen) atoms. The summed E-state index contributed by atoms with van der Waals surface area (Å²) in [6, 6.07) is 9.33. The average Bonchev–Trinajstić information content (AvgIpc) is 3.18. The number of piperidine rings is 1. The first-order valence-electron chi connectivity index (χ1n) is 10.1. The van der Waals surface area contributed by atoms with Gasteiger partial charge in [0.2, 0.25) is 0 Å². The van der Waals surface area contributed by atoms with E-state index in [0.29, 0.717) is 24.6 Å². The molecule has 1 saturated heterocycles. The Morgan fingerprint density at radius 2 is 1.76 bits per heavy atom. The smallest absolute Gasteiger partial charge is 0.313 e. The number of benzene rings is 1. The maximum absolute atomic E-state index is 12.8. The molecule has 7 nitrogen and oxygen atoms in total. The first-order valence-corrected chi connectivity index (χ1v) is 10.1. The van der Waals surface area contributed by atoms with Crippen LogP contribution in [0.3, 0.4) is 0 Å². The van der Waals surface area contributed by atoms with Gasteiger partial charge in [-0.1, -0.05) is 12.1 Å². The van der Waals surface area contributed by atoms with Gasteiger partial charge in [-0.2, -0.15) is 0 Å². The third kappa shape index (κ3) is 3.57. The fraction of sp³-hybridized carbons (Fsp3) is 0.455. The second-order valence-corrected chi connectivity index (χ2v) is 8.23. The van der Waals surface area contributed by atoms with Crippen LogP contribution in [0.4, 0.5) is 11.5 Å². The van der Waals surface area contributed by atoms with E-state index in [1.165, 1.54) is 6.42 Å². The number of aromatic nitrogens is 1. The summed E-state index contributed by atoms with van der Waals surface area (Å²) in [6.07, 6.45) is 3.28. The summed E-state index contributed by atoms with van der Waals surface area (Å²) in [7, 11) is 0. The zero-order chi connectivity index (χ0) is 20.6. The SMILES string of the molecule is CC(C)(C(=O)O)c1ccc(N2CCOc3cc(C(=O)N4CCCCC4)[nH]c32)cc1. The highest BCUT2D eigenvalue weighted by Gasteiger charge is 2.30. The molecule has 1 aromatic heterocycles. The maximum atomic E-state index is 12.8. The van der Waals surface area contributed by atoms with E-state index in [2.05, 4.69) is 9.88 Å². The second kappa shape index (κ2) is 7.46. The van der Waals surface area contributed by atoms with Gasteiger partial charge < -0.3 is 24.6 Å². The summed E-state index contributed by atoms with van der Waals surface area (Å²) in [5.41, 5.74) is 1.27. The minimum atomic E-state index is -0.949. The predicted octanol–water partition coefficient (Wildman–Crippen LogP) is 3.53. The van der Waals surface area contributed by atoms with E-state index >= 15 is 0 Å². The van der Waals surface area contributed by atoms with E-state index in [0.717, 1.165) is 43.0 Å². The van der Waals surface area contributed by atoms with Gasteiger partial charge >= 0.3 is 5.97 Å². The van der Waals surface area contributed by atoms with Crippen molar-refractivity contribution in [3.05, 3.63) is 41.6 Å². The number of likely N-dealkylation sites (tertiary alicyclic amines) is 1. The molecule has 3 heterocycles. The number of carbonyl (C=O) groups is 2. The number of nitrogens with one attached hydrogen (secondary N) is 1. The lowest BCUT2D eigenvalue weighted by Gasteiger charge is -2.29. The van der Waals surface area contributed by atoms with Crippen LogP contribution in [-0.4, -0.2) is 53.1 Å². The number of fused-ring (bicyclic) bond motifs is 1. The molecule has 0 aliphatic carbocycles. The van der Waals surface area contributed by atoms with Crippen molar-refractivity contribution in [1.29, 1.82) is 0 Å². The van der Waals surface area contributed by atoms with Crippen LogP contribution in [0.2, 0.25) is 0 Å². The molecule has 1 fully saturated rings. The number of nitrogens with zero attached hydrogens (tertiary/aromatic N) is 2. The number of rotatable bonds is 4. The molecule has 1 aromatic carbocycles. The Hall–Kier alpha value is -2.96. The van der Waals surface area contributed by atoms with Crippen molar-refractivity contribution in [1.82, 2.24) is 9.88 Å². The van der Waals surface area contributed by atoms with Gasteiger partial charge in [-0.15, -0.1) is 0 Å². The molecule has 0 atom stereocenters. The average molecular weight is 397 g/mol. The molecular weight excluding hydrogens is 370 g/mol. The Bertz CT molecular complexity index is 911. The summed E-state index contributed by atoms with van der Waals surface area (Å²) >= 11 is 0. The number of carboxylic acid groups (broad SMARTS) is 1. The van der Waals surface area contributed by atoms with Crippen molar-refractivity contribution in [3.8, 4) is 5.75 Å². The van der Waals surface area contributed by atoms with Crippen LogP contribution < -0.4 is 9.64 Å².